The lowest BCUT2D eigenvalue weighted by Crippen LogP contribution is -2.31. The third-order valence-corrected chi connectivity index (χ3v) is 0.756. The first kappa shape index (κ1) is 3.74. The Morgan fingerprint density at radius 3 is 2.60 bits per heavy atom. The van der Waals surface area contributed by atoms with Gasteiger partial charge in [-0.25, -0.2) is 0 Å². The van der Waals surface area contributed by atoms with Gasteiger partial charge >= 0.3 is 0 Å². The van der Waals surface area contributed by atoms with E-state index in [1.165, 1.54) is 13.8 Å². The highest BCUT2D eigenvalue weighted by Gasteiger charge is 2.04. The van der Waals surface area contributed by atoms with Gasteiger partial charge in [0.2, 0.25) is 5.91 Å². The minimum Gasteiger partial charge on any atom is -0.354 e. The highest BCUT2D eigenvalue weighted by Crippen LogP contribution is 2.02. The standard InChI is InChI=1S/C8H17NO/c1-6(2)5-7(3)9-8(4)10/h6-7H,5H2,1-4H3,(H,9,10)/i5D2,6D,7D/hD. The summed E-state index contributed by atoms with van der Waals surface area (Å²) in [7, 11) is 0. The molecule has 0 radical (unpaired) electrons. The van der Waals surface area contributed by atoms with E-state index < -0.39 is 24.2 Å². The fourth-order valence-electron chi connectivity index (χ4n) is 0.626. The van der Waals surface area contributed by atoms with Crippen LogP contribution in [-0.2, 0) is 4.79 Å². The van der Waals surface area contributed by atoms with Gasteiger partial charge in [0.15, 0.2) is 1.41 Å². The molecular formula is C8H17NO. The highest BCUT2D eigenvalue weighted by atomic mass is 16.1. The molecule has 0 rings (SSSR count). The molecule has 1 unspecified atom stereocenters. The number of nitrogens with one attached hydrogen (secondary N) is 1. The molecule has 0 aliphatic rings. The number of rotatable bonds is 3. The molecule has 0 aliphatic heterocycles. The zero-order valence-electron chi connectivity index (χ0n) is 11.9. The highest BCUT2D eigenvalue weighted by molar-refractivity contribution is 5.73. The normalized spacial score (nSPS) is 26.2. The van der Waals surface area contributed by atoms with Gasteiger partial charge < -0.3 is 5.31 Å². The molecule has 1 atom stereocenters. The molecule has 0 aromatic carbocycles. The van der Waals surface area contributed by atoms with Gasteiger partial charge in [0.1, 0.15) is 0 Å². The Hall–Kier alpha value is -0.530. The van der Waals surface area contributed by atoms with Crippen molar-refractivity contribution in [1.29, 1.82) is 0 Å². The van der Waals surface area contributed by atoms with Crippen LogP contribution in [0, 0.1) is 5.89 Å². The predicted octanol–water partition coefficient (Wildman–Crippen LogP) is 1.56. The average Bonchev–Trinajstić information content (AvgIpc) is 2.00. The quantitative estimate of drug-likeness (QED) is 0.646. The summed E-state index contributed by atoms with van der Waals surface area (Å²) < 4.78 is 38.1. The zero-order chi connectivity index (χ0) is 12.7. The molecule has 0 heterocycles. The fraction of sp³-hybridized carbons (Fsp3) is 0.875. The largest absolute Gasteiger partial charge is 0.354 e. The Balaban J connectivity index is 5.28. The predicted molar refractivity (Wildman–Crippen MR) is 42.7 cm³/mol. The zero-order valence-corrected chi connectivity index (χ0v) is 6.86. The van der Waals surface area contributed by atoms with Gasteiger partial charge in [0, 0.05) is 17.1 Å². The van der Waals surface area contributed by atoms with Gasteiger partial charge in [0.05, 0.1) is 1.37 Å². The summed E-state index contributed by atoms with van der Waals surface area (Å²) >= 11 is 0. The Labute approximate surface area is 70.1 Å². The molecule has 0 aromatic heterocycles. The molecule has 1 N–H and O–H groups in total. The molecule has 1 amide bonds. The lowest BCUT2D eigenvalue weighted by molar-refractivity contribution is -0.119. The Morgan fingerprint density at radius 2 is 2.30 bits per heavy atom. The van der Waals surface area contributed by atoms with E-state index in [1.807, 2.05) is 0 Å². The molecule has 2 heteroatoms. The third kappa shape index (κ3) is 5.60. The maximum atomic E-state index is 11.0. The van der Waals surface area contributed by atoms with Crippen molar-refractivity contribution in [2.24, 2.45) is 5.89 Å². The van der Waals surface area contributed by atoms with E-state index >= 15 is 0 Å². The molecule has 0 aliphatic carbocycles. The van der Waals surface area contributed by atoms with Crippen molar-refractivity contribution < 1.29 is 11.7 Å². The van der Waals surface area contributed by atoms with E-state index in [1.54, 1.807) is 0 Å². The van der Waals surface area contributed by atoms with Crippen LogP contribution in [0.15, 0.2) is 0 Å². The number of carbonyl (C=O) groups is 1. The van der Waals surface area contributed by atoms with Crippen LogP contribution in [0.3, 0.4) is 0 Å². The van der Waals surface area contributed by atoms with Gasteiger partial charge in [-0.1, -0.05) is 13.8 Å². The topological polar surface area (TPSA) is 29.1 Å². The van der Waals surface area contributed by atoms with Crippen molar-refractivity contribution >= 4 is 5.91 Å². The van der Waals surface area contributed by atoms with E-state index in [0.717, 1.165) is 13.8 Å². The number of carbonyl (C=O) groups excluding carboxylic acids is 1. The van der Waals surface area contributed by atoms with Crippen molar-refractivity contribution in [1.82, 2.24) is 5.31 Å². The first-order chi connectivity index (χ1) is 6.35. The smallest absolute Gasteiger partial charge is 0.217 e. The molecule has 60 valence electrons. The lowest BCUT2D eigenvalue weighted by atomic mass is 10.1. The maximum absolute atomic E-state index is 11.0. The summed E-state index contributed by atoms with van der Waals surface area (Å²) in [6.45, 7) is 4.84. The van der Waals surface area contributed by atoms with Crippen LogP contribution in [0.5, 0.6) is 0 Å². The molecule has 0 fully saturated rings. The van der Waals surface area contributed by atoms with Crippen LogP contribution >= 0.6 is 0 Å². The van der Waals surface area contributed by atoms with Crippen LogP contribution in [0.4, 0.5) is 0 Å². The third-order valence-electron chi connectivity index (χ3n) is 0.756. The monoisotopic (exact) mass is 148 g/mol. The van der Waals surface area contributed by atoms with Crippen LogP contribution < -0.4 is 5.31 Å². The van der Waals surface area contributed by atoms with E-state index in [0.29, 0.717) is 0 Å². The van der Waals surface area contributed by atoms with Gasteiger partial charge in [-0.05, 0) is 19.2 Å². The molecule has 0 aromatic rings. The van der Waals surface area contributed by atoms with E-state index in [-0.39, 0.29) is 5.31 Å². The molecular weight excluding hydrogens is 126 g/mol. The van der Waals surface area contributed by atoms with Crippen molar-refractivity contribution in [3.8, 4) is 0 Å². The fourth-order valence-corrected chi connectivity index (χ4v) is 0.626. The second-order valence-corrected chi connectivity index (χ2v) is 2.34. The van der Waals surface area contributed by atoms with Crippen LogP contribution in [-0.4, -0.2) is 11.9 Å². The number of hydrogen-bond acceptors (Lipinski definition) is 1. The molecule has 10 heavy (non-hydrogen) atoms. The minimum atomic E-state index is -2.31. The van der Waals surface area contributed by atoms with Crippen LogP contribution in [0.25, 0.3) is 0 Å². The lowest BCUT2D eigenvalue weighted by Gasteiger charge is -2.13. The minimum absolute atomic E-state index is 0.267. The summed E-state index contributed by atoms with van der Waals surface area (Å²) in [6, 6.07) is -2.09. The second-order valence-electron chi connectivity index (χ2n) is 2.34. The molecule has 0 saturated carbocycles. The van der Waals surface area contributed by atoms with Gasteiger partial charge in [-0.2, -0.15) is 0 Å². The van der Waals surface area contributed by atoms with Crippen molar-refractivity contribution in [2.75, 3.05) is 0 Å². The Bertz CT molecular complexity index is 258. The number of amides is 1. The first-order valence-electron chi connectivity index (χ1n) is 5.60. The van der Waals surface area contributed by atoms with E-state index in [9.17, 15) is 4.79 Å². The molecule has 0 spiro atoms. The SMILES string of the molecule is [2H]N(C(C)=O)C([2H])(C)C([2H])([2H])C([2H])(C)C. The van der Waals surface area contributed by atoms with Gasteiger partial charge in [0.25, 0.3) is 0 Å². The van der Waals surface area contributed by atoms with Crippen LogP contribution in [0.1, 0.15) is 39.6 Å². The van der Waals surface area contributed by atoms with Gasteiger partial charge in [-0.15, -0.1) is 0 Å². The summed E-state index contributed by atoms with van der Waals surface area (Å²) in [5, 5.41) is 0.267. The molecule has 0 bridgehead atoms. The van der Waals surface area contributed by atoms with Gasteiger partial charge in [-0.3, -0.25) is 4.79 Å². The summed E-state index contributed by atoms with van der Waals surface area (Å²) in [5.74, 6) is -2.29. The van der Waals surface area contributed by atoms with Crippen molar-refractivity contribution in [2.45, 2.75) is 40.1 Å². The molecule has 2 nitrogen and oxygen atoms in total. The Kier molecular flexibility index (Phi) is 1.61. The summed E-state index contributed by atoms with van der Waals surface area (Å²) in [5.41, 5.74) is 0. The van der Waals surface area contributed by atoms with E-state index in [2.05, 4.69) is 0 Å². The Morgan fingerprint density at radius 1 is 1.80 bits per heavy atom. The number of hydrogen-bond donors (Lipinski definition) is 1. The first-order valence-corrected chi connectivity index (χ1v) is 3.15. The second kappa shape index (κ2) is 4.31. The summed E-state index contributed by atoms with van der Waals surface area (Å²) in [4.78, 5) is 11.0. The molecule has 0 saturated heterocycles. The van der Waals surface area contributed by atoms with E-state index in [4.69, 9.17) is 6.89 Å². The van der Waals surface area contributed by atoms with Crippen molar-refractivity contribution in [3.05, 3.63) is 0 Å². The average molecular weight is 148 g/mol. The van der Waals surface area contributed by atoms with Crippen molar-refractivity contribution in [3.63, 3.8) is 0 Å². The maximum Gasteiger partial charge on any atom is 0.217 e. The van der Waals surface area contributed by atoms with Crippen LogP contribution in [0.2, 0.25) is 1.41 Å². The summed E-state index contributed by atoms with van der Waals surface area (Å²) in [6.07, 6.45) is -2.31.